The summed E-state index contributed by atoms with van der Waals surface area (Å²) in [4.78, 5) is 14.3. The summed E-state index contributed by atoms with van der Waals surface area (Å²) in [6.07, 6.45) is 6.78. The molecule has 0 aliphatic heterocycles. The zero-order valence-corrected chi connectivity index (χ0v) is 11.7. The number of hydrogen-bond acceptors (Lipinski definition) is 2. The van der Waals surface area contributed by atoms with Gasteiger partial charge in [-0.2, -0.15) is 0 Å². The Hall–Kier alpha value is -0.570. The molecule has 0 saturated heterocycles. The van der Waals surface area contributed by atoms with Crippen molar-refractivity contribution >= 4 is 5.91 Å². The molecule has 3 heteroatoms. The van der Waals surface area contributed by atoms with Crippen molar-refractivity contribution in [2.24, 2.45) is 5.92 Å². The zero-order chi connectivity index (χ0) is 12.7. The highest BCUT2D eigenvalue weighted by Crippen LogP contribution is 2.24. The lowest BCUT2D eigenvalue weighted by Gasteiger charge is -2.30. The van der Waals surface area contributed by atoms with E-state index in [2.05, 4.69) is 24.1 Å². The number of amides is 1. The number of carbonyl (C=O) groups is 1. The molecular formula is C14H28N2O. The first-order valence-corrected chi connectivity index (χ1v) is 7.09. The molecule has 1 fully saturated rings. The van der Waals surface area contributed by atoms with Gasteiger partial charge in [-0.25, -0.2) is 0 Å². The number of hydrogen-bond donors (Lipinski definition) is 1. The highest BCUT2D eigenvalue weighted by Gasteiger charge is 2.25. The minimum Gasteiger partial charge on any atom is -0.340 e. The van der Waals surface area contributed by atoms with Crippen LogP contribution in [0.25, 0.3) is 0 Å². The lowest BCUT2D eigenvalue weighted by molar-refractivity contribution is -0.133. The highest BCUT2D eigenvalue weighted by atomic mass is 16.2. The Labute approximate surface area is 106 Å². The largest absolute Gasteiger partial charge is 0.340 e. The first-order valence-electron chi connectivity index (χ1n) is 7.09. The Morgan fingerprint density at radius 2 is 2.00 bits per heavy atom. The van der Waals surface area contributed by atoms with Crippen LogP contribution in [0.3, 0.4) is 0 Å². The topological polar surface area (TPSA) is 32.3 Å². The SMILES string of the molecule is CNCCC(=O)N(CCC(C)C)C1CCCC1. The van der Waals surface area contributed by atoms with Gasteiger partial charge in [-0.1, -0.05) is 26.7 Å². The smallest absolute Gasteiger partial charge is 0.224 e. The van der Waals surface area contributed by atoms with Gasteiger partial charge < -0.3 is 10.2 Å². The molecule has 3 nitrogen and oxygen atoms in total. The summed E-state index contributed by atoms with van der Waals surface area (Å²) >= 11 is 0. The van der Waals surface area contributed by atoms with Crippen molar-refractivity contribution in [1.82, 2.24) is 10.2 Å². The maximum Gasteiger partial charge on any atom is 0.224 e. The Balaban J connectivity index is 2.47. The van der Waals surface area contributed by atoms with Crippen molar-refractivity contribution in [3.63, 3.8) is 0 Å². The van der Waals surface area contributed by atoms with E-state index in [1.54, 1.807) is 0 Å². The molecule has 0 spiro atoms. The van der Waals surface area contributed by atoms with E-state index in [0.717, 1.165) is 19.5 Å². The molecule has 0 aromatic carbocycles. The van der Waals surface area contributed by atoms with E-state index >= 15 is 0 Å². The molecule has 1 aliphatic rings. The first-order chi connectivity index (χ1) is 8.15. The van der Waals surface area contributed by atoms with Crippen molar-refractivity contribution in [3.05, 3.63) is 0 Å². The van der Waals surface area contributed by atoms with Gasteiger partial charge in [0.05, 0.1) is 0 Å². The molecular weight excluding hydrogens is 212 g/mol. The van der Waals surface area contributed by atoms with Gasteiger partial charge in [0.25, 0.3) is 0 Å². The molecule has 100 valence electrons. The third-order valence-electron chi connectivity index (χ3n) is 3.62. The van der Waals surface area contributed by atoms with Crippen LogP contribution in [-0.2, 0) is 4.79 Å². The average Bonchev–Trinajstić information content (AvgIpc) is 2.79. The van der Waals surface area contributed by atoms with Gasteiger partial charge in [-0.05, 0) is 32.2 Å². The van der Waals surface area contributed by atoms with Crippen LogP contribution >= 0.6 is 0 Å². The quantitative estimate of drug-likeness (QED) is 0.741. The van der Waals surface area contributed by atoms with Crippen LogP contribution in [0.15, 0.2) is 0 Å². The second kappa shape index (κ2) is 7.70. The van der Waals surface area contributed by atoms with E-state index in [9.17, 15) is 4.79 Å². The third-order valence-corrected chi connectivity index (χ3v) is 3.62. The Morgan fingerprint density at radius 3 is 2.53 bits per heavy atom. The zero-order valence-electron chi connectivity index (χ0n) is 11.7. The van der Waals surface area contributed by atoms with Crippen molar-refractivity contribution in [2.45, 2.75) is 58.4 Å². The molecule has 1 saturated carbocycles. The summed E-state index contributed by atoms with van der Waals surface area (Å²) in [7, 11) is 1.90. The van der Waals surface area contributed by atoms with Gasteiger partial charge >= 0.3 is 0 Å². The minimum atomic E-state index is 0.340. The van der Waals surface area contributed by atoms with E-state index in [4.69, 9.17) is 0 Å². The Kier molecular flexibility index (Phi) is 6.56. The highest BCUT2D eigenvalue weighted by molar-refractivity contribution is 5.76. The fourth-order valence-electron chi connectivity index (χ4n) is 2.50. The second-order valence-corrected chi connectivity index (χ2v) is 5.56. The molecule has 0 radical (unpaired) electrons. The van der Waals surface area contributed by atoms with Crippen LogP contribution in [-0.4, -0.2) is 37.0 Å². The molecule has 0 atom stereocenters. The summed E-state index contributed by atoms with van der Waals surface area (Å²) in [6, 6.07) is 0.526. The number of nitrogens with zero attached hydrogens (tertiary/aromatic N) is 1. The van der Waals surface area contributed by atoms with Gasteiger partial charge in [0.1, 0.15) is 0 Å². The van der Waals surface area contributed by atoms with Crippen LogP contribution in [0.1, 0.15) is 52.4 Å². The van der Waals surface area contributed by atoms with Crippen LogP contribution in [0.5, 0.6) is 0 Å². The fourth-order valence-corrected chi connectivity index (χ4v) is 2.50. The molecule has 0 bridgehead atoms. The van der Waals surface area contributed by atoms with E-state index in [1.807, 2.05) is 7.05 Å². The van der Waals surface area contributed by atoms with E-state index < -0.39 is 0 Å². The van der Waals surface area contributed by atoms with Gasteiger partial charge in [0, 0.05) is 25.6 Å². The maximum absolute atomic E-state index is 12.2. The molecule has 0 unspecified atom stereocenters. The Bertz CT molecular complexity index is 222. The second-order valence-electron chi connectivity index (χ2n) is 5.56. The van der Waals surface area contributed by atoms with Crippen LogP contribution in [0, 0.1) is 5.92 Å². The first kappa shape index (κ1) is 14.5. The summed E-state index contributed by atoms with van der Waals surface area (Å²) in [5, 5.41) is 3.06. The Morgan fingerprint density at radius 1 is 1.35 bits per heavy atom. The molecule has 0 aromatic rings. The van der Waals surface area contributed by atoms with E-state index in [0.29, 0.717) is 24.3 Å². The fraction of sp³-hybridized carbons (Fsp3) is 0.929. The number of nitrogens with one attached hydrogen (secondary N) is 1. The number of rotatable bonds is 7. The molecule has 0 aromatic heterocycles. The molecule has 1 aliphatic carbocycles. The van der Waals surface area contributed by atoms with Crippen LogP contribution in [0.2, 0.25) is 0 Å². The van der Waals surface area contributed by atoms with Gasteiger partial charge in [0.15, 0.2) is 0 Å². The van der Waals surface area contributed by atoms with Crippen LogP contribution in [0.4, 0.5) is 0 Å². The average molecular weight is 240 g/mol. The van der Waals surface area contributed by atoms with Gasteiger partial charge in [-0.15, -0.1) is 0 Å². The predicted molar refractivity (Wildman–Crippen MR) is 72.0 cm³/mol. The summed E-state index contributed by atoms with van der Waals surface area (Å²) in [6.45, 7) is 6.20. The summed E-state index contributed by atoms with van der Waals surface area (Å²) < 4.78 is 0. The third kappa shape index (κ3) is 5.07. The van der Waals surface area contributed by atoms with Crippen LogP contribution < -0.4 is 5.32 Å². The standard InChI is InChI=1S/C14H28N2O/c1-12(2)9-11-16(13-6-4-5-7-13)14(17)8-10-15-3/h12-13,15H,4-11H2,1-3H3. The normalized spacial score (nSPS) is 16.7. The molecule has 1 N–H and O–H groups in total. The molecule has 1 amide bonds. The molecule has 0 heterocycles. The van der Waals surface area contributed by atoms with E-state index in [-0.39, 0.29) is 0 Å². The monoisotopic (exact) mass is 240 g/mol. The summed E-state index contributed by atoms with van der Waals surface area (Å²) in [5.74, 6) is 1.02. The lowest BCUT2D eigenvalue weighted by atomic mass is 10.1. The van der Waals surface area contributed by atoms with Gasteiger partial charge in [0.2, 0.25) is 5.91 Å². The van der Waals surface area contributed by atoms with Crippen molar-refractivity contribution in [1.29, 1.82) is 0 Å². The van der Waals surface area contributed by atoms with Crippen molar-refractivity contribution in [2.75, 3.05) is 20.1 Å². The van der Waals surface area contributed by atoms with Gasteiger partial charge in [-0.3, -0.25) is 4.79 Å². The minimum absolute atomic E-state index is 0.340. The molecule has 1 rings (SSSR count). The van der Waals surface area contributed by atoms with Crippen molar-refractivity contribution in [3.8, 4) is 0 Å². The lowest BCUT2D eigenvalue weighted by Crippen LogP contribution is -2.40. The maximum atomic E-state index is 12.2. The predicted octanol–water partition coefficient (Wildman–Crippen LogP) is 2.41. The molecule has 17 heavy (non-hydrogen) atoms. The van der Waals surface area contributed by atoms with E-state index in [1.165, 1.54) is 25.7 Å². The van der Waals surface area contributed by atoms with Crippen molar-refractivity contribution < 1.29 is 4.79 Å². The number of carbonyl (C=O) groups excluding carboxylic acids is 1. The summed E-state index contributed by atoms with van der Waals surface area (Å²) in [5.41, 5.74) is 0.